The molecule has 1 unspecified atom stereocenters. The van der Waals surface area contributed by atoms with Crippen molar-refractivity contribution in [2.45, 2.75) is 26.0 Å². The van der Waals surface area contributed by atoms with Gasteiger partial charge >= 0.3 is 0 Å². The normalized spacial score (nSPS) is 19.0. The second-order valence-corrected chi connectivity index (χ2v) is 4.89. The number of nitrogens with zero attached hydrogens (tertiary/aromatic N) is 3. The Bertz CT molecular complexity index is 466. The summed E-state index contributed by atoms with van der Waals surface area (Å²) in [6, 6.07) is 1.42. The fourth-order valence-electron chi connectivity index (χ4n) is 2.12. The molecular formula is C13H21N5O2. The number of ether oxygens (including phenoxy) is 1. The molecule has 1 amide bonds. The molecule has 0 aromatic carbocycles. The molecule has 1 saturated heterocycles. The number of piperazine rings is 1. The predicted octanol–water partition coefficient (Wildman–Crippen LogP) is -0.212. The van der Waals surface area contributed by atoms with Crippen LogP contribution < -0.4 is 20.3 Å². The van der Waals surface area contributed by atoms with Crippen LogP contribution in [0.5, 0.6) is 5.88 Å². The Balaban J connectivity index is 2.21. The topological polar surface area (TPSA) is 79.4 Å². The highest BCUT2D eigenvalue weighted by atomic mass is 16.5. The van der Waals surface area contributed by atoms with E-state index in [9.17, 15) is 4.79 Å². The molecular weight excluding hydrogens is 258 g/mol. The Kier molecular flexibility index (Phi) is 4.73. The summed E-state index contributed by atoms with van der Waals surface area (Å²) in [5, 5.41) is 5.88. The molecule has 7 heteroatoms. The van der Waals surface area contributed by atoms with Crippen LogP contribution in [0.25, 0.3) is 0 Å². The largest absolute Gasteiger partial charge is 0.475 e. The van der Waals surface area contributed by atoms with Crippen LogP contribution in [-0.2, 0) is 4.79 Å². The third-order valence-corrected chi connectivity index (χ3v) is 3.02. The van der Waals surface area contributed by atoms with Crippen LogP contribution in [0.15, 0.2) is 12.3 Å². The van der Waals surface area contributed by atoms with Gasteiger partial charge in [0.2, 0.25) is 17.7 Å². The number of rotatable bonds is 4. The SMILES string of the molecule is CNC(=O)C1CNCCN1c1nccc(OC(C)C)n1. The van der Waals surface area contributed by atoms with E-state index < -0.39 is 0 Å². The maximum atomic E-state index is 11.9. The number of hydrogen-bond donors (Lipinski definition) is 2. The van der Waals surface area contributed by atoms with E-state index in [-0.39, 0.29) is 18.1 Å². The van der Waals surface area contributed by atoms with E-state index in [4.69, 9.17) is 4.74 Å². The fourth-order valence-corrected chi connectivity index (χ4v) is 2.12. The number of nitrogens with one attached hydrogen (secondary N) is 2. The first-order valence-electron chi connectivity index (χ1n) is 6.80. The van der Waals surface area contributed by atoms with Crippen LogP contribution in [-0.4, -0.2) is 54.7 Å². The highest BCUT2D eigenvalue weighted by molar-refractivity contribution is 5.85. The lowest BCUT2D eigenvalue weighted by atomic mass is 10.2. The number of carbonyl (C=O) groups excluding carboxylic acids is 1. The summed E-state index contributed by atoms with van der Waals surface area (Å²) in [5.41, 5.74) is 0. The molecule has 1 aromatic rings. The molecule has 1 aromatic heterocycles. The molecule has 2 heterocycles. The molecule has 1 aliphatic rings. The Labute approximate surface area is 118 Å². The Morgan fingerprint density at radius 1 is 1.60 bits per heavy atom. The lowest BCUT2D eigenvalue weighted by molar-refractivity contribution is -0.122. The zero-order valence-electron chi connectivity index (χ0n) is 12.1. The summed E-state index contributed by atoms with van der Waals surface area (Å²) in [6.07, 6.45) is 1.71. The quantitative estimate of drug-likeness (QED) is 0.794. The number of likely N-dealkylation sites (N-methyl/N-ethyl adjacent to an activating group) is 1. The molecule has 1 atom stereocenters. The molecule has 1 aliphatic heterocycles. The number of anilines is 1. The second kappa shape index (κ2) is 6.51. The lowest BCUT2D eigenvalue weighted by Gasteiger charge is -2.34. The van der Waals surface area contributed by atoms with Gasteiger partial charge in [-0.15, -0.1) is 0 Å². The third kappa shape index (κ3) is 3.36. The zero-order valence-corrected chi connectivity index (χ0v) is 12.1. The molecule has 0 spiro atoms. The van der Waals surface area contributed by atoms with Crippen LogP contribution in [0.1, 0.15) is 13.8 Å². The number of aromatic nitrogens is 2. The van der Waals surface area contributed by atoms with Crippen molar-refractivity contribution in [3.8, 4) is 5.88 Å². The summed E-state index contributed by atoms with van der Waals surface area (Å²) in [7, 11) is 1.63. The number of amides is 1. The highest BCUT2D eigenvalue weighted by Crippen LogP contribution is 2.17. The first-order valence-corrected chi connectivity index (χ1v) is 6.80. The van der Waals surface area contributed by atoms with Crippen molar-refractivity contribution in [3.63, 3.8) is 0 Å². The van der Waals surface area contributed by atoms with Crippen molar-refractivity contribution in [1.29, 1.82) is 0 Å². The molecule has 1 fully saturated rings. The number of carbonyl (C=O) groups is 1. The van der Waals surface area contributed by atoms with Gasteiger partial charge in [-0.05, 0) is 13.8 Å². The van der Waals surface area contributed by atoms with E-state index >= 15 is 0 Å². The minimum atomic E-state index is -0.303. The van der Waals surface area contributed by atoms with E-state index in [1.54, 1.807) is 19.3 Å². The second-order valence-electron chi connectivity index (χ2n) is 4.89. The van der Waals surface area contributed by atoms with Gasteiger partial charge in [0, 0.05) is 38.9 Å². The molecule has 0 saturated carbocycles. The van der Waals surface area contributed by atoms with Crippen molar-refractivity contribution in [2.24, 2.45) is 0 Å². The van der Waals surface area contributed by atoms with Gasteiger partial charge in [-0.25, -0.2) is 4.98 Å². The van der Waals surface area contributed by atoms with Gasteiger partial charge in [-0.2, -0.15) is 4.98 Å². The third-order valence-electron chi connectivity index (χ3n) is 3.02. The average Bonchev–Trinajstić information content (AvgIpc) is 2.46. The summed E-state index contributed by atoms with van der Waals surface area (Å²) in [6.45, 7) is 5.95. The molecule has 0 bridgehead atoms. The molecule has 0 aliphatic carbocycles. The van der Waals surface area contributed by atoms with Gasteiger partial charge in [-0.3, -0.25) is 4.79 Å². The van der Waals surface area contributed by atoms with Crippen molar-refractivity contribution in [3.05, 3.63) is 12.3 Å². The number of hydrogen-bond acceptors (Lipinski definition) is 6. The van der Waals surface area contributed by atoms with Gasteiger partial charge in [0.1, 0.15) is 6.04 Å². The smallest absolute Gasteiger partial charge is 0.243 e. The maximum Gasteiger partial charge on any atom is 0.243 e. The van der Waals surface area contributed by atoms with Crippen molar-refractivity contribution in [2.75, 3.05) is 31.6 Å². The van der Waals surface area contributed by atoms with Gasteiger partial charge in [0.25, 0.3) is 0 Å². The van der Waals surface area contributed by atoms with Gasteiger partial charge < -0.3 is 20.3 Å². The van der Waals surface area contributed by atoms with E-state index in [1.807, 2.05) is 18.7 Å². The van der Waals surface area contributed by atoms with Crippen molar-refractivity contribution >= 4 is 11.9 Å². The molecule has 20 heavy (non-hydrogen) atoms. The first kappa shape index (κ1) is 14.5. The van der Waals surface area contributed by atoms with Crippen LogP contribution in [0, 0.1) is 0 Å². The lowest BCUT2D eigenvalue weighted by Crippen LogP contribution is -2.58. The minimum absolute atomic E-state index is 0.0454. The van der Waals surface area contributed by atoms with E-state index in [0.29, 0.717) is 24.9 Å². The average molecular weight is 279 g/mol. The van der Waals surface area contributed by atoms with Crippen LogP contribution >= 0.6 is 0 Å². The first-order chi connectivity index (χ1) is 9.61. The van der Waals surface area contributed by atoms with Crippen molar-refractivity contribution in [1.82, 2.24) is 20.6 Å². The van der Waals surface area contributed by atoms with Gasteiger partial charge in [0.15, 0.2) is 0 Å². The molecule has 7 nitrogen and oxygen atoms in total. The standard InChI is InChI=1S/C13H21N5O2/c1-9(2)20-11-4-5-16-13(17-11)18-7-6-15-8-10(18)12(19)14-3/h4-5,9-10,15H,6-8H2,1-3H3,(H,14,19). The minimum Gasteiger partial charge on any atom is -0.475 e. The summed E-state index contributed by atoms with van der Waals surface area (Å²) in [5.74, 6) is 1.01. The summed E-state index contributed by atoms with van der Waals surface area (Å²) in [4.78, 5) is 22.5. The van der Waals surface area contributed by atoms with E-state index in [1.165, 1.54) is 0 Å². The van der Waals surface area contributed by atoms with Crippen LogP contribution in [0.2, 0.25) is 0 Å². The maximum absolute atomic E-state index is 11.9. The van der Waals surface area contributed by atoms with Crippen molar-refractivity contribution < 1.29 is 9.53 Å². The van der Waals surface area contributed by atoms with Gasteiger partial charge in [-0.1, -0.05) is 0 Å². The fraction of sp³-hybridized carbons (Fsp3) is 0.615. The zero-order chi connectivity index (χ0) is 14.5. The summed E-state index contributed by atoms with van der Waals surface area (Å²) >= 11 is 0. The Morgan fingerprint density at radius 3 is 3.10 bits per heavy atom. The van der Waals surface area contributed by atoms with Crippen LogP contribution in [0.4, 0.5) is 5.95 Å². The molecule has 0 radical (unpaired) electrons. The van der Waals surface area contributed by atoms with Gasteiger partial charge in [0.05, 0.1) is 6.10 Å². The molecule has 2 N–H and O–H groups in total. The van der Waals surface area contributed by atoms with E-state index in [2.05, 4.69) is 20.6 Å². The highest BCUT2D eigenvalue weighted by Gasteiger charge is 2.29. The molecule has 2 rings (SSSR count). The summed E-state index contributed by atoms with van der Waals surface area (Å²) < 4.78 is 5.57. The monoisotopic (exact) mass is 279 g/mol. The van der Waals surface area contributed by atoms with Crippen LogP contribution in [0.3, 0.4) is 0 Å². The molecule has 110 valence electrons. The predicted molar refractivity (Wildman–Crippen MR) is 75.9 cm³/mol. The van der Waals surface area contributed by atoms with E-state index in [0.717, 1.165) is 6.54 Å². The Hall–Kier alpha value is -1.89. The Morgan fingerprint density at radius 2 is 2.40 bits per heavy atom.